The van der Waals surface area contributed by atoms with Gasteiger partial charge in [0.1, 0.15) is 11.0 Å². The van der Waals surface area contributed by atoms with Gasteiger partial charge in [0, 0.05) is 31.3 Å². The van der Waals surface area contributed by atoms with E-state index in [-0.39, 0.29) is 0 Å². The van der Waals surface area contributed by atoms with E-state index in [0.29, 0.717) is 0 Å². The maximum Gasteiger partial charge on any atom is 0.109 e. The van der Waals surface area contributed by atoms with Gasteiger partial charge in [0.05, 0.1) is 0 Å². The van der Waals surface area contributed by atoms with E-state index in [1.807, 2.05) is 24.7 Å². The maximum atomic E-state index is 4.22. The van der Waals surface area contributed by atoms with Gasteiger partial charge >= 0.3 is 0 Å². The molecule has 0 atom stereocenters. The summed E-state index contributed by atoms with van der Waals surface area (Å²) in [5.41, 5.74) is 3.12. The first-order valence-electron chi connectivity index (χ1n) is 3.51. The molecule has 0 saturated heterocycles. The van der Waals surface area contributed by atoms with Gasteiger partial charge in [-0.2, -0.15) is 0 Å². The average Bonchev–Trinajstić information content (AvgIpc) is 2.30. The highest BCUT2D eigenvalue weighted by Gasteiger charge is 2.02. The predicted molar refractivity (Wildman–Crippen MR) is 43.2 cm³/mol. The number of fused-ring (bicyclic) bond motifs is 1. The van der Waals surface area contributed by atoms with Gasteiger partial charge in [-0.25, -0.2) is 0 Å². The van der Waals surface area contributed by atoms with Gasteiger partial charge in [-0.05, 0) is 6.92 Å². The average molecular weight is 147 g/mol. The normalized spacial score (nSPS) is 10.7. The van der Waals surface area contributed by atoms with E-state index in [2.05, 4.69) is 9.97 Å². The molecule has 0 amide bonds. The van der Waals surface area contributed by atoms with Crippen LogP contribution in [-0.2, 0) is 7.05 Å². The Labute approximate surface area is 64.7 Å². The Morgan fingerprint density at radius 2 is 2.00 bits per heavy atom. The lowest BCUT2D eigenvalue weighted by Crippen LogP contribution is -1.86. The van der Waals surface area contributed by atoms with Crippen LogP contribution in [-0.4, -0.2) is 14.5 Å². The van der Waals surface area contributed by atoms with Crippen molar-refractivity contribution in [3.63, 3.8) is 0 Å². The quantitative estimate of drug-likeness (QED) is 0.562. The van der Waals surface area contributed by atoms with Gasteiger partial charge < -0.3 is 4.57 Å². The molecule has 11 heavy (non-hydrogen) atoms. The first-order valence-corrected chi connectivity index (χ1v) is 3.51. The molecule has 0 N–H and O–H groups in total. The summed E-state index contributed by atoms with van der Waals surface area (Å²) in [5, 5.41) is 0. The second-order valence-corrected chi connectivity index (χ2v) is 2.62. The van der Waals surface area contributed by atoms with Crippen molar-refractivity contribution in [3.8, 4) is 0 Å². The van der Waals surface area contributed by atoms with Crippen molar-refractivity contribution in [1.29, 1.82) is 0 Å². The largest absolute Gasteiger partial charge is 0.351 e. The molecule has 3 nitrogen and oxygen atoms in total. The van der Waals surface area contributed by atoms with E-state index < -0.39 is 0 Å². The summed E-state index contributed by atoms with van der Waals surface area (Å²) in [5.74, 6) is 0. The number of nitrogens with zero attached hydrogens (tertiary/aromatic N) is 3. The molecule has 56 valence electrons. The van der Waals surface area contributed by atoms with E-state index in [0.717, 1.165) is 16.7 Å². The molecule has 3 heteroatoms. The molecule has 0 saturated carbocycles. The van der Waals surface area contributed by atoms with Gasteiger partial charge in [0.15, 0.2) is 0 Å². The summed E-state index contributed by atoms with van der Waals surface area (Å²) in [4.78, 5) is 8.40. The number of rotatable bonds is 0. The van der Waals surface area contributed by atoms with Crippen molar-refractivity contribution in [2.75, 3.05) is 0 Å². The first kappa shape index (κ1) is 6.34. The molecule has 0 aliphatic carbocycles. The fourth-order valence-electron chi connectivity index (χ4n) is 1.17. The number of hydrogen-bond donors (Lipinski definition) is 0. The topological polar surface area (TPSA) is 30.7 Å². The monoisotopic (exact) mass is 147 g/mol. The van der Waals surface area contributed by atoms with Gasteiger partial charge in [-0.3, -0.25) is 9.97 Å². The van der Waals surface area contributed by atoms with Crippen LogP contribution in [0.4, 0.5) is 0 Å². The third kappa shape index (κ3) is 0.808. The summed E-state index contributed by atoms with van der Waals surface area (Å²) in [7, 11) is 2.00. The van der Waals surface area contributed by atoms with Crippen LogP contribution in [0.15, 0.2) is 18.6 Å². The molecular formula is C8H9N3. The van der Waals surface area contributed by atoms with Gasteiger partial charge in [0.2, 0.25) is 0 Å². The van der Waals surface area contributed by atoms with Gasteiger partial charge in [0.25, 0.3) is 0 Å². The fourth-order valence-corrected chi connectivity index (χ4v) is 1.17. The van der Waals surface area contributed by atoms with Crippen LogP contribution in [0.25, 0.3) is 11.0 Å². The highest BCUT2D eigenvalue weighted by Crippen LogP contribution is 2.13. The Morgan fingerprint density at radius 3 is 2.73 bits per heavy atom. The van der Waals surface area contributed by atoms with E-state index in [9.17, 15) is 0 Å². The van der Waals surface area contributed by atoms with Crippen molar-refractivity contribution >= 4 is 11.0 Å². The van der Waals surface area contributed by atoms with Crippen LogP contribution in [0.1, 0.15) is 5.69 Å². The molecule has 0 fully saturated rings. The maximum absolute atomic E-state index is 4.22. The van der Waals surface area contributed by atoms with Crippen molar-refractivity contribution in [2.24, 2.45) is 7.05 Å². The van der Waals surface area contributed by atoms with Crippen molar-refractivity contribution < 1.29 is 0 Å². The minimum absolute atomic E-state index is 0.965. The predicted octanol–water partition coefficient (Wildman–Crippen LogP) is 1.28. The summed E-state index contributed by atoms with van der Waals surface area (Å²) in [6.07, 6.45) is 5.41. The molecule has 0 spiro atoms. The fraction of sp³-hybridized carbons (Fsp3) is 0.250. The first-order chi connectivity index (χ1) is 5.29. The van der Waals surface area contributed by atoms with Crippen LogP contribution in [0.2, 0.25) is 0 Å². The number of hydrogen-bond acceptors (Lipinski definition) is 2. The molecule has 2 rings (SSSR count). The highest BCUT2D eigenvalue weighted by molar-refractivity contribution is 5.76. The SMILES string of the molecule is Cc1c2nccnc2cn1C. The zero-order chi connectivity index (χ0) is 7.84. The van der Waals surface area contributed by atoms with Crippen molar-refractivity contribution in [3.05, 3.63) is 24.3 Å². The smallest absolute Gasteiger partial charge is 0.109 e. The summed E-state index contributed by atoms with van der Waals surface area (Å²) in [6, 6.07) is 0. The van der Waals surface area contributed by atoms with Crippen LogP contribution in [0.3, 0.4) is 0 Å². The Hall–Kier alpha value is -1.38. The molecule has 2 aromatic rings. The molecule has 0 aliphatic rings. The molecule has 2 heterocycles. The molecule has 0 unspecified atom stereocenters. The van der Waals surface area contributed by atoms with Crippen molar-refractivity contribution in [2.45, 2.75) is 6.92 Å². The second-order valence-electron chi connectivity index (χ2n) is 2.62. The molecule has 0 aromatic carbocycles. The molecule has 0 radical (unpaired) electrons. The van der Waals surface area contributed by atoms with Crippen LogP contribution in [0, 0.1) is 6.92 Å². The lowest BCUT2D eigenvalue weighted by Gasteiger charge is -1.91. The third-order valence-electron chi connectivity index (χ3n) is 1.91. The van der Waals surface area contributed by atoms with Crippen LogP contribution in [0.5, 0.6) is 0 Å². The highest BCUT2D eigenvalue weighted by atomic mass is 15.0. The van der Waals surface area contributed by atoms with Gasteiger partial charge in [-0.15, -0.1) is 0 Å². The Kier molecular flexibility index (Phi) is 1.18. The third-order valence-corrected chi connectivity index (χ3v) is 1.91. The van der Waals surface area contributed by atoms with E-state index in [1.54, 1.807) is 12.4 Å². The Bertz CT molecular complexity index is 389. The van der Waals surface area contributed by atoms with Crippen LogP contribution >= 0.6 is 0 Å². The van der Waals surface area contributed by atoms with Gasteiger partial charge in [-0.1, -0.05) is 0 Å². The minimum atomic E-state index is 0.965. The number of aryl methyl sites for hydroxylation is 2. The zero-order valence-corrected chi connectivity index (χ0v) is 6.57. The molecular weight excluding hydrogens is 138 g/mol. The van der Waals surface area contributed by atoms with E-state index in [1.165, 1.54) is 0 Å². The molecule has 0 bridgehead atoms. The molecule has 0 aliphatic heterocycles. The van der Waals surface area contributed by atoms with E-state index in [4.69, 9.17) is 0 Å². The summed E-state index contributed by atoms with van der Waals surface area (Å²) >= 11 is 0. The lowest BCUT2D eigenvalue weighted by atomic mass is 10.4. The van der Waals surface area contributed by atoms with Crippen molar-refractivity contribution in [1.82, 2.24) is 14.5 Å². The zero-order valence-electron chi connectivity index (χ0n) is 6.57. The summed E-state index contributed by atoms with van der Waals surface area (Å²) < 4.78 is 2.03. The minimum Gasteiger partial charge on any atom is -0.351 e. The Morgan fingerprint density at radius 1 is 1.27 bits per heavy atom. The number of aromatic nitrogens is 3. The Balaban J connectivity index is 2.92. The second kappa shape index (κ2) is 2.05. The van der Waals surface area contributed by atoms with E-state index >= 15 is 0 Å². The standard InChI is InChI=1S/C8H9N3/c1-6-8-7(5-11(6)2)9-3-4-10-8/h3-5H,1-2H3. The molecule has 2 aromatic heterocycles. The lowest BCUT2D eigenvalue weighted by molar-refractivity contribution is 0.886. The summed E-state index contributed by atoms with van der Waals surface area (Å²) in [6.45, 7) is 2.04. The van der Waals surface area contributed by atoms with Crippen LogP contribution < -0.4 is 0 Å².